The maximum atomic E-state index is 14.4. The molecule has 0 aromatic heterocycles. The highest BCUT2D eigenvalue weighted by Gasteiger charge is 2.95. The molecular weight excluding hydrogens is 855 g/mol. The minimum atomic E-state index is -8.69. The van der Waals surface area contributed by atoms with Crippen LogP contribution in [0.15, 0.2) is 30.3 Å². The van der Waals surface area contributed by atoms with E-state index < -0.39 is 123 Å². The Morgan fingerprint density at radius 3 is 1.53 bits per heavy atom. The molecule has 0 fully saturated rings. The molecule has 25 heteroatoms. The summed E-state index contributed by atoms with van der Waals surface area (Å²) in [7, 11) is -3.05. The van der Waals surface area contributed by atoms with Crippen LogP contribution in [-0.4, -0.2) is 91.9 Å². The van der Waals surface area contributed by atoms with Gasteiger partial charge in [-0.25, -0.2) is 9.59 Å². The molecule has 7 nitrogen and oxygen atoms in total. The summed E-state index contributed by atoms with van der Waals surface area (Å²) >= 11 is 0. The van der Waals surface area contributed by atoms with Gasteiger partial charge in [-0.3, -0.25) is 4.79 Å². The van der Waals surface area contributed by atoms with Crippen LogP contribution in [-0.2, 0) is 19.1 Å². The van der Waals surface area contributed by atoms with Gasteiger partial charge in [0.1, 0.15) is 17.7 Å². The van der Waals surface area contributed by atoms with Gasteiger partial charge in [0.15, 0.2) is 0 Å². The van der Waals surface area contributed by atoms with Crippen LogP contribution in [0.4, 0.5) is 79.4 Å². The lowest BCUT2D eigenvalue weighted by molar-refractivity contribution is -0.461. The van der Waals surface area contributed by atoms with E-state index in [1.165, 1.54) is 39.1 Å². The number of alkyl carbamates (subject to hydrolysis) is 1. The molecule has 2 amide bonds. The molecule has 1 aromatic carbocycles. The van der Waals surface area contributed by atoms with Crippen LogP contribution in [0.25, 0.3) is 0 Å². The zero-order valence-corrected chi connectivity index (χ0v) is 32.6. The summed E-state index contributed by atoms with van der Waals surface area (Å²) in [4.78, 5) is 38.8. The molecule has 0 spiro atoms. The van der Waals surface area contributed by atoms with E-state index in [1.54, 1.807) is 39.0 Å². The molecule has 0 aliphatic heterocycles. The summed E-state index contributed by atoms with van der Waals surface area (Å²) in [5, 5.41) is 4.82. The first-order valence-corrected chi connectivity index (χ1v) is 20.3. The van der Waals surface area contributed by atoms with Gasteiger partial charge < -0.3 is 20.1 Å². The number of alkyl halides is 17. The van der Waals surface area contributed by atoms with E-state index in [0.717, 1.165) is 0 Å². The SMILES string of the molecule is CC(C)[C@H](NC(=O)[C@@H](NC(=O)OC(C)(C)C)c1ccccc1)C(=O)OCC[Si](C)(C)CCCC(F)(F)C(F)(F)C(F)(F)C(F)(F)C(F)(F)C(F)(F)C(F)(F)C(F)(F)F. The average Bonchev–Trinajstić information content (AvgIpc) is 3.03. The summed E-state index contributed by atoms with van der Waals surface area (Å²) < 4.78 is 241. The van der Waals surface area contributed by atoms with Crippen molar-refractivity contribution in [1.29, 1.82) is 0 Å². The molecule has 0 saturated carbocycles. The largest absolute Gasteiger partial charge is 0.464 e. The zero-order valence-electron chi connectivity index (χ0n) is 31.6. The third kappa shape index (κ3) is 11.2. The predicted octanol–water partition coefficient (Wildman–Crippen LogP) is 10.4. The van der Waals surface area contributed by atoms with Gasteiger partial charge in [-0.15, -0.1) is 0 Å². The van der Waals surface area contributed by atoms with Gasteiger partial charge in [0, 0.05) is 6.42 Å². The van der Waals surface area contributed by atoms with Crippen molar-refractivity contribution in [3.8, 4) is 0 Å². The van der Waals surface area contributed by atoms with Crippen LogP contribution in [0.2, 0.25) is 25.2 Å². The summed E-state index contributed by atoms with van der Waals surface area (Å²) in [6.07, 6.45) is -12.6. The number of hydrogen-bond acceptors (Lipinski definition) is 5. The van der Waals surface area contributed by atoms with Crippen LogP contribution >= 0.6 is 0 Å². The molecule has 0 saturated heterocycles. The lowest BCUT2D eigenvalue weighted by Crippen LogP contribution is -2.74. The van der Waals surface area contributed by atoms with Crippen LogP contribution < -0.4 is 10.6 Å². The summed E-state index contributed by atoms with van der Waals surface area (Å²) in [6.45, 7) is 9.82. The first-order chi connectivity index (χ1) is 25.7. The van der Waals surface area contributed by atoms with Crippen molar-refractivity contribution in [2.75, 3.05) is 6.61 Å². The normalized spacial score (nSPS) is 15.5. The van der Waals surface area contributed by atoms with Crippen molar-refractivity contribution >= 4 is 26.0 Å². The van der Waals surface area contributed by atoms with E-state index >= 15 is 0 Å². The van der Waals surface area contributed by atoms with Crippen LogP contribution in [0.3, 0.4) is 0 Å². The number of amides is 2. The molecule has 336 valence electrons. The van der Waals surface area contributed by atoms with Crippen molar-refractivity contribution in [2.24, 2.45) is 5.92 Å². The van der Waals surface area contributed by atoms with E-state index in [2.05, 4.69) is 10.6 Å². The Hall–Kier alpha value is -3.54. The Labute approximate surface area is 321 Å². The summed E-state index contributed by atoms with van der Waals surface area (Å²) in [5.41, 5.74) is -0.680. The first kappa shape index (κ1) is 52.5. The average molecular weight is 897 g/mol. The van der Waals surface area contributed by atoms with Gasteiger partial charge in [-0.2, -0.15) is 74.6 Å². The molecule has 1 aromatic rings. The number of nitrogens with one attached hydrogen (secondary N) is 2. The minimum Gasteiger partial charge on any atom is -0.464 e. The molecule has 58 heavy (non-hydrogen) atoms. The maximum Gasteiger partial charge on any atom is 0.460 e. The van der Waals surface area contributed by atoms with E-state index in [9.17, 15) is 89.0 Å². The van der Waals surface area contributed by atoms with Crippen molar-refractivity contribution in [3.63, 3.8) is 0 Å². The predicted molar refractivity (Wildman–Crippen MR) is 173 cm³/mol. The number of hydrogen-bond donors (Lipinski definition) is 2. The number of ether oxygens (including phenoxy) is 2. The zero-order chi connectivity index (χ0) is 45.9. The molecule has 2 N–H and O–H groups in total. The quantitative estimate of drug-likeness (QED) is 0.0820. The van der Waals surface area contributed by atoms with Crippen molar-refractivity contribution < 1.29 is 98.5 Å². The van der Waals surface area contributed by atoms with Crippen molar-refractivity contribution in [3.05, 3.63) is 35.9 Å². The second kappa shape index (κ2) is 17.6. The summed E-state index contributed by atoms with van der Waals surface area (Å²) in [6, 6.07) is 4.14. The van der Waals surface area contributed by atoms with Gasteiger partial charge in [0.2, 0.25) is 5.91 Å². The van der Waals surface area contributed by atoms with Gasteiger partial charge in [0.05, 0.1) is 14.7 Å². The Morgan fingerprint density at radius 1 is 0.655 bits per heavy atom. The fraction of sp³-hybridized carbons (Fsp3) is 0.727. The van der Waals surface area contributed by atoms with Gasteiger partial charge >= 0.3 is 59.7 Å². The molecule has 0 aliphatic rings. The third-order valence-corrected chi connectivity index (χ3v) is 11.7. The molecule has 0 heterocycles. The fourth-order valence-electron chi connectivity index (χ4n) is 4.89. The molecule has 0 unspecified atom stereocenters. The smallest absolute Gasteiger partial charge is 0.460 e. The molecule has 0 radical (unpaired) electrons. The van der Waals surface area contributed by atoms with Gasteiger partial charge in [-0.1, -0.05) is 63.3 Å². The first-order valence-electron chi connectivity index (χ1n) is 16.9. The second-order valence-electron chi connectivity index (χ2n) is 15.3. The van der Waals surface area contributed by atoms with Crippen molar-refractivity contribution in [1.82, 2.24) is 10.6 Å². The monoisotopic (exact) mass is 896 g/mol. The molecule has 0 bridgehead atoms. The highest BCUT2D eigenvalue weighted by molar-refractivity contribution is 6.77. The van der Waals surface area contributed by atoms with E-state index in [-0.39, 0.29) is 11.6 Å². The van der Waals surface area contributed by atoms with E-state index in [1.807, 2.05) is 0 Å². The number of carbonyl (C=O) groups excluding carboxylic acids is 3. The van der Waals surface area contributed by atoms with E-state index in [4.69, 9.17) is 9.47 Å². The molecule has 0 aliphatic carbocycles. The summed E-state index contributed by atoms with van der Waals surface area (Å²) in [5.74, 6) is -59.3. The lowest BCUT2D eigenvalue weighted by Gasteiger charge is -2.42. The standard InChI is InChI=1S/C33H41F17N2O5Si/c1-18(2)20(51-22(53)21(19-12-9-8-10-13-19)52-24(55)57-25(3,4)5)23(54)56-15-17-58(6,7)16-11-14-26(34,35)27(36,37)28(38,39)29(40,41)30(42,43)31(44,45)32(46,47)33(48,49)50/h8-10,12-13,18,20-21H,11,14-17H2,1-7H3,(H,51,53)(H,52,55)/t20-,21-/m0/s1. The highest BCUT2D eigenvalue weighted by atomic mass is 28.3. The Bertz CT molecular complexity index is 1570. The van der Waals surface area contributed by atoms with E-state index in [0.29, 0.717) is 0 Å². The van der Waals surface area contributed by atoms with Gasteiger partial charge in [-0.05, 0) is 44.7 Å². The minimum absolute atomic E-state index is 0.199. The van der Waals surface area contributed by atoms with Crippen LogP contribution in [0.5, 0.6) is 0 Å². The van der Waals surface area contributed by atoms with Crippen molar-refractivity contribution in [2.45, 2.75) is 138 Å². The lowest BCUT2D eigenvalue weighted by atomic mass is 9.88. The second-order valence-corrected chi connectivity index (χ2v) is 20.6. The number of carbonyl (C=O) groups is 3. The Morgan fingerprint density at radius 2 is 1.10 bits per heavy atom. The molecule has 1 rings (SSSR count). The number of rotatable bonds is 19. The maximum absolute atomic E-state index is 14.4. The Balaban J connectivity index is 3.06. The number of halogens is 17. The number of esters is 1. The van der Waals surface area contributed by atoms with Gasteiger partial charge in [0.25, 0.3) is 0 Å². The highest BCUT2D eigenvalue weighted by Crippen LogP contribution is 2.64. The third-order valence-electron chi connectivity index (χ3n) is 8.43. The topological polar surface area (TPSA) is 93.7 Å². The van der Waals surface area contributed by atoms with Crippen LogP contribution in [0.1, 0.15) is 59.1 Å². The molecular formula is C33H41F17N2O5Si. The number of benzene rings is 1. The fourth-order valence-corrected chi connectivity index (χ4v) is 6.93. The molecule has 2 atom stereocenters. The van der Waals surface area contributed by atoms with Crippen LogP contribution in [0, 0.1) is 5.92 Å². The Kier molecular flexibility index (Phi) is 15.9.